The van der Waals surface area contributed by atoms with Crippen LogP contribution in [0.5, 0.6) is 5.75 Å². The average Bonchev–Trinajstić information content (AvgIpc) is 3.14. The number of benzene rings is 2. The maximum absolute atomic E-state index is 12.2. The number of fused-ring (bicyclic) bond motifs is 1. The Hall–Kier alpha value is -3.61. The van der Waals surface area contributed by atoms with Gasteiger partial charge in [-0.25, -0.2) is 4.68 Å². The summed E-state index contributed by atoms with van der Waals surface area (Å²) in [6, 6.07) is 15.2. The van der Waals surface area contributed by atoms with E-state index in [4.69, 9.17) is 10.5 Å². The molecule has 2 heterocycles. The van der Waals surface area contributed by atoms with Crippen molar-refractivity contribution in [2.75, 3.05) is 5.32 Å². The number of rotatable bonds is 5. The molecule has 0 bridgehead atoms. The van der Waals surface area contributed by atoms with Crippen LogP contribution in [0.3, 0.4) is 0 Å². The number of hydrogen-bond donors (Lipinski definition) is 2. The van der Waals surface area contributed by atoms with E-state index in [0.29, 0.717) is 29.6 Å². The minimum absolute atomic E-state index is 0.424. The van der Waals surface area contributed by atoms with Crippen LogP contribution in [-0.2, 0) is 11.4 Å². The van der Waals surface area contributed by atoms with E-state index in [9.17, 15) is 4.79 Å². The molecular formula is C21H21N5O2. The van der Waals surface area contributed by atoms with Gasteiger partial charge in [0.05, 0.1) is 5.57 Å². The fraction of sp³-hybridized carbons (Fsp3) is 0.190. The van der Waals surface area contributed by atoms with Crippen LogP contribution in [0.4, 0.5) is 5.95 Å². The van der Waals surface area contributed by atoms with Crippen molar-refractivity contribution in [2.45, 2.75) is 26.5 Å². The molecule has 3 aromatic rings. The molecule has 0 saturated heterocycles. The first-order valence-corrected chi connectivity index (χ1v) is 8.99. The maximum atomic E-state index is 12.2. The Balaban J connectivity index is 1.75. The number of aryl methyl sites for hydroxylation is 1. The Morgan fingerprint density at radius 1 is 1.18 bits per heavy atom. The average molecular weight is 375 g/mol. The highest BCUT2D eigenvalue weighted by atomic mass is 16.5. The monoisotopic (exact) mass is 375 g/mol. The van der Waals surface area contributed by atoms with E-state index in [1.807, 2.05) is 49.4 Å². The van der Waals surface area contributed by atoms with Crippen molar-refractivity contribution in [1.82, 2.24) is 14.8 Å². The Bertz CT molecular complexity index is 1070. The predicted molar refractivity (Wildman–Crippen MR) is 106 cm³/mol. The van der Waals surface area contributed by atoms with Crippen LogP contribution in [0.25, 0.3) is 0 Å². The molecule has 0 saturated carbocycles. The van der Waals surface area contributed by atoms with Crippen molar-refractivity contribution < 1.29 is 9.53 Å². The third-order valence-corrected chi connectivity index (χ3v) is 4.92. The number of hydrogen-bond acceptors (Lipinski definition) is 5. The van der Waals surface area contributed by atoms with Gasteiger partial charge in [0.1, 0.15) is 24.7 Å². The fourth-order valence-corrected chi connectivity index (χ4v) is 3.46. The molecular weight excluding hydrogens is 354 g/mol. The second-order valence-electron chi connectivity index (χ2n) is 6.71. The number of para-hydroxylation sites is 1. The van der Waals surface area contributed by atoms with Gasteiger partial charge in [0.25, 0.3) is 0 Å². The number of nitrogens with two attached hydrogens (primary N) is 1. The number of primary amides is 1. The Morgan fingerprint density at radius 3 is 2.71 bits per heavy atom. The summed E-state index contributed by atoms with van der Waals surface area (Å²) in [5.74, 6) is 0.719. The molecule has 1 amide bonds. The van der Waals surface area contributed by atoms with Gasteiger partial charge in [0, 0.05) is 11.3 Å². The smallest absolute Gasteiger partial charge is 0.248 e. The maximum Gasteiger partial charge on any atom is 0.248 e. The fourth-order valence-electron chi connectivity index (χ4n) is 3.46. The summed E-state index contributed by atoms with van der Waals surface area (Å²) in [7, 11) is 0. The molecule has 0 radical (unpaired) electrons. The number of ether oxygens (including phenoxy) is 1. The third kappa shape index (κ3) is 3.11. The van der Waals surface area contributed by atoms with Gasteiger partial charge in [-0.15, -0.1) is 0 Å². The second kappa shape index (κ2) is 7.19. The number of allylic oxidation sites excluding steroid dienone is 1. The first kappa shape index (κ1) is 17.8. The number of amides is 1. The van der Waals surface area contributed by atoms with E-state index in [-0.39, 0.29) is 0 Å². The van der Waals surface area contributed by atoms with Gasteiger partial charge < -0.3 is 15.8 Å². The largest absolute Gasteiger partial charge is 0.489 e. The van der Waals surface area contributed by atoms with Crippen molar-refractivity contribution >= 4 is 11.9 Å². The molecule has 0 fully saturated rings. The number of anilines is 1. The summed E-state index contributed by atoms with van der Waals surface area (Å²) < 4.78 is 7.81. The molecule has 2 aromatic carbocycles. The standard InChI is InChI=1S/C21H21N5O2/c1-13-7-3-4-8-15(13)11-28-17-10-6-5-9-16(17)19-18(20(22)27)14(2)25-21-23-12-24-26(19)21/h3-10,12,19H,11H2,1-2H3,(H2,22,27)(H,23,24,25). The number of carbonyl (C=O) groups is 1. The summed E-state index contributed by atoms with van der Waals surface area (Å²) in [5, 5.41) is 7.38. The lowest BCUT2D eigenvalue weighted by Gasteiger charge is -2.28. The zero-order valence-electron chi connectivity index (χ0n) is 15.7. The third-order valence-electron chi connectivity index (χ3n) is 4.92. The molecule has 28 heavy (non-hydrogen) atoms. The van der Waals surface area contributed by atoms with E-state index in [0.717, 1.165) is 16.7 Å². The zero-order valence-corrected chi connectivity index (χ0v) is 15.7. The summed E-state index contributed by atoms with van der Waals surface area (Å²) >= 11 is 0. The van der Waals surface area contributed by atoms with E-state index in [1.54, 1.807) is 4.68 Å². The lowest BCUT2D eigenvalue weighted by atomic mass is 9.94. The van der Waals surface area contributed by atoms with Crippen LogP contribution in [0.15, 0.2) is 66.1 Å². The molecule has 1 aliphatic heterocycles. The van der Waals surface area contributed by atoms with Crippen LogP contribution >= 0.6 is 0 Å². The molecule has 0 aliphatic carbocycles. The van der Waals surface area contributed by atoms with E-state index >= 15 is 0 Å². The number of carbonyl (C=O) groups excluding carboxylic acids is 1. The highest BCUT2D eigenvalue weighted by molar-refractivity contribution is 5.95. The van der Waals surface area contributed by atoms with E-state index < -0.39 is 11.9 Å². The topological polar surface area (TPSA) is 95.1 Å². The zero-order chi connectivity index (χ0) is 19.7. The quantitative estimate of drug-likeness (QED) is 0.715. The molecule has 3 N–H and O–H groups in total. The van der Waals surface area contributed by atoms with Crippen molar-refractivity contribution in [3.05, 3.63) is 82.8 Å². The van der Waals surface area contributed by atoms with Gasteiger partial charge >= 0.3 is 0 Å². The summed E-state index contributed by atoms with van der Waals surface area (Å²) in [5.41, 5.74) is 9.87. The summed E-state index contributed by atoms with van der Waals surface area (Å²) in [6.45, 7) is 4.28. The molecule has 1 aliphatic rings. The van der Waals surface area contributed by atoms with Crippen LogP contribution in [0.2, 0.25) is 0 Å². The number of nitrogens with zero attached hydrogens (tertiary/aromatic N) is 3. The van der Waals surface area contributed by atoms with Gasteiger partial charge in [-0.05, 0) is 31.0 Å². The van der Waals surface area contributed by atoms with Crippen LogP contribution in [-0.4, -0.2) is 20.7 Å². The second-order valence-corrected chi connectivity index (χ2v) is 6.71. The predicted octanol–water partition coefficient (Wildman–Crippen LogP) is 2.94. The molecule has 1 unspecified atom stereocenters. The van der Waals surface area contributed by atoms with Crippen LogP contribution in [0, 0.1) is 6.92 Å². The summed E-state index contributed by atoms with van der Waals surface area (Å²) in [4.78, 5) is 16.5. The molecule has 4 rings (SSSR count). The molecule has 142 valence electrons. The Kier molecular flexibility index (Phi) is 4.57. The van der Waals surface area contributed by atoms with Gasteiger partial charge in [-0.3, -0.25) is 4.79 Å². The van der Waals surface area contributed by atoms with Gasteiger partial charge in [-0.2, -0.15) is 10.1 Å². The SMILES string of the molecule is CC1=C(C(N)=O)C(c2ccccc2OCc2ccccc2C)n2ncnc2N1. The lowest BCUT2D eigenvalue weighted by molar-refractivity contribution is -0.115. The van der Waals surface area contributed by atoms with Gasteiger partial charge in [0.15, 0.2) is 0 Å². The number of nitrogens with one attached hydrogen (secondary N) is 1. The minimum atomic E-state index is -0.510. The first-order chi connectivity index (χ1) is 13.6. The van der Waals surface area contributed by atoms with E-state index in [1.165, 1.54) is 6.33 Å². The highest BCUT2D eigenvalue weighted by Gasteiger charge is 2.33. The molecule has 7 nitrogen and oxygen atoms in total. The molecule has 7 heteroatoms. The normalized spacial score (nSPS) is 15.7. The Morgan fingerprint density at radius 2 is 1.93 bits per heavy atom. The summed E-state index contributed by atoms with van der Waals surface area (Å²) in [6.07, 6.45) is 1.45. The molecule has 1 atom stereocenters. The van der Waals surface area contributed by atoms with Gasteiger partial charge in [0.2, 0.25) is 11.9 Å². The minimum Gasteiger partial charge on any atom is -0.489 e. The molecule has 0 spiro atoms. The van der Waals surface area contributed by atoms with Crippen molar-refractivity contribution in [1.29, 1.82) is 0 Å². The van der Waals surface area contributed by atoms with Crippen LogP contribution in [0.1, 0.15) is 29.7 Å². The van der Waals surface area contributed by atoms with Crippen molar-refractivity contribution in [3.8, 4) is 5.75 Å². The van der Waals surface area contributed by atoms with Crippen molar-refractivity contribution in [3.63, 3.8) is 0 Å². The van der Waals surface area contributed by atoms with Crippen molar-refractivity contribution in [2.24, 2.45) is 5.73 Å². The first-order valence-electron chi connectivity index (χ1n) is 8.99. The Labute approximate surface area is 162 Å². The lowest BCUT2D eigenvalue weighted by Crippen LogP contribution is -2.32. The van der Waals surface area contributed by atoms with Crippen LogP contribution < -0.4 is 15.8 Å². The molecule has 1 aromatic heterocycles. The van der Waals surface area contributed by atoms with E-state index in [2.05, 4.69) is 28.4 Å². The number of aromatic nitrogens is 3. The highest BCUT2D eigenvalue weighted by Crippen LogP contribution is 2.38. The van der Waals surface area contributed by atoms with Gasteiger partial charge in [-0.1, -0.05) is 42.5 Å².